The fraction of sp³-hybridized carbons (Fsp3) is 0.400. The number of hydrogen-bond acceptors (Lipinski definition) is 5. The molecule has 0 saturated heterocycles. The van der Waals surface area contributed by atoms with Crippen LogP contribution in [0.1, 0.15) is 10.4 Å². The lowest BCUT2D eigenvalue weighted by Crippen LogP contribution is -2.34. The molecule has 100 valence electrons. The number of carbonyl (C=O) groups is 1. The molecular formula is C10H16N4O3S. The predicted octanol–water partition coefficient (Wildman–Crippen LogP) is -0.598. The summed E-state index contributed by atoms with van der Waals surface area (Å²) in [4.78, 5) is 15.6. The predicted molar refractivity (Wildman–Crippen MR) is 69.0 cm³/mol. The van der Waals surface area contributed by atoms with Gasteiger partial charge in [0.05, 0.1) is 11.8 Å². The second-order valence-corrected chi connectivity index (χ2v) is 5.44. The van der Waals surface area contributed by atoms with Gasteiger partial charge in [0.25, 0.3) is 5.91 Å². The first-order valence-corrected chi connectivity index (χ1v) is 7.18. The number of nitrogens with one attached hydrogen (secondary N) is 3. The van der Waals surface area contributed by atoms with Crippen LogP contribution in [0.5, 0.6) is 0 Å². The smallest absolute Gasteiger partial charge is 0.252 e. The lowest BCUT2D eigenvalue weighted by atomic mass is 10.2. The van der Waals surface area contributed by atoms with Crippen molar-refractivity contribution in [1.29, 1.82) is 0 Å². The molecule has 0 aliphatic carbocycles. The van der Waals surface area contributed by atoms with Crippen molar-refractivity contribution in [3.8, 4) is 0 Å². The van der Waals surface area contributed by atoms with Crippen LogP contribution in [0.25, 0.3) is 0 Å². The summed E-state index contributed by atoms with van der Waals surface area (Å²) in [6, 6.07) is 3.32. The van der Waals surface area contributed by atoms with E-state index in [0.717, 1.165) is 6.26 Å². The van der Waals surface area contributed by atoms with Crippen molar-refractivity contribution in [2.75, 3.05) is 31.7 Å². The summed E-state index contributed by atoms with van der Waals surface area (Å²) in [5.74, 6) is 0.380. The Bertz CT molecular complexity index is 498. The Morgan fingerprint density at radius 2 is 2.06 bits per heavy atom. The van der Waals surface area contributed by atoms with Crippen molar-refractivity contribution in [3.05, 3.63) is 23.9 Å². The maximum atomic E-state index is 11.6. The van der Waals surface area contributed by atoms with E-state index in [2.05, 4.69) is 20.3 Å². The highest BCUT2D eigenvalue weighted by molar-refractivity contribution is 7.88. The maximum absolute atomic E-state index is 11.6. The zero-order valence-electron chi connectivity index (χ0n) is 10.2. The molecule has 0 unspecified atom stereocenters. The van der Waals surface area contributed by atoms with E-state index in [9.17, 15) is 13.2 Å². The third-order valence-electron chi connectivity index (χ3n) is 2.06. The molecule has 0 aliphatic rings. The van der Waals surface area contributed by atoms with Gasteiger partial charge in [0.15, 0.2) is 0 Å². The highest BCUT2D eigenvalue weighted by atomic mass is 32.2. The van der Waals surface area contributed by atoms with E-state index in [4.69, 9.17) is 0 Å². The highest BCUT2D eigenvalue weighted by Gasteiger charge is 2.05. The normalized spacial score (nSPS) is 11.0. The summed E-state index contributed by atoms with van der Waals surface area (Å²) in [7, 11) is -1.48. The molecule has 0 saturated carbocycles. The van der Waals surface area contributed by atoms with Gasteiger partial charge in [-0.3, -0.25) is 4.79 Å². The fourth-order valence-electron chi connectivity index (χ4n) is 1.19. The first kappa shape index (κ1) is 14.4. The first-order chi connectivity index (χ1) is 8.42. The molecule has 18 heavy (non-hydrogen) atoms. The number of sulfonamides is 1. The van der Waals surface area contributed by atoms with Gasteiger partial charge in [0.2, 0.25) is 10.0 Å². The zero-order chi connectivity index (χ0) is 13.6. The van der Waals surface area contributed by atoms with Crippen LogP contribution in [0.3, 0.4) is 0 Å². The summed E-state index contributed by atoms with van der Waals surface area (Å²) in [6.07, 6.45) is 2.51. The monoisotopic (exact) mass is 272 g/mol. The molecule has 7 nitrogen and oxygen atoms in total. The van der Waals surface area contributed by atoms with Gasteiger partial charge in [-0.2, -0.15) is 0 Å². The number of hydrogen-bond donors (Lipinski definition) is 3. The van der Waals surface area contributed by atoms with Gasteiger partial charge in [-0.05, 0) is 12.1 Å². The van der Waals surface area contributed by atoms with Gasteiger partial charge < -0.3 is 10.6 Å². The fourth-order valence-corrected chi connectivity index (χ4v) is 1.66. The molecule has 1 amide bonds. The molecule has 0 fully saturated rings. The number of rotatable bonds is 6. The lowest BCUT2D eigenvalue weighted by molar-refractivity contribution is 0.0954. The lowest BCUT2D eigenvalue weighted by Gasteiger charge is -2.06. The van der Waals surface area contributed by atoms with Gasteiger partial charge in [-0.1, -0.05) is 0 Å². The van der Waals surface area contributed by atoms with E-state index in [0.29, 0.717) is 11.4 Å². The minimum absolute atomic E-state index is 0.159. The number of carbonyl (C=O) groups excluding carboxylic acids is 1. The molecule has 1 heterocycles. The Morgan fingerprint density at radius 1 is 1.33 bits per heavy atom. The van der Waals surface area contributed by atoms with E-state index in [1.165, 1.54) is 6.20 Å². The Morgan fingerprint density at radius 3 is 2.56 bits per heavy atom. The van der Waals surface area contributed by atoms with Gasteiger partial charge in [0, 0.05) is 26.3 Å². The van der Waals surface area contributed by atoms with Crippen molar-refractivity contribution < 1.29 is 13.2 Å². The maximum Gasteiger partial charge on any atom is 0.252 e. The van der Waals surface area contributed by atoms with Crippen LogP contribution >= 0.6 is 0 Å². The molecule has 0 radical (unpaired) electrons. The van der Waals surface area contributed by atoms with Crippen molar-refractivity contribution in [1.82, 2.24) is 15.0 Å². The minimum atomic E-state index is -3.22. The standard InChI is InChI=1S/C10H16N4O3S/c1-11-9-4-3-8(7-13-9)10(15)12-5-6-14-18(2,16)17/h3-4,7,14H,5-6H2,1-2H3,(H,11,13)(H,12,15). The third-order valence-corrected chi connectivity index (χ3v) is 2.79. The molecule has 0 atom stereocenters. The van der Waals surface area contributed by atoms with Gasteiger partial charge in [-0.25, -0.2) is 18.1 Å². The van der Waals surface area contributed by atoms with Crippen LogP contribution in [-0.4, -0.2) is 45.7 Å². The van der Waals surface area contributed by atoms with E-state index in [1.54, 1.807) is 19.2 Å². The number of nitrogens with zero attached hydrogens (tertiary/aromatic N) is 1. The molecule has 1 aromatic rings. The Hall–Kier alpha value is -1.67. The summed E-state index contributed by atoms with van der Waals surface area (Å²) in [5.41, 5.74) is 0.424. The average molecular weight is 272 g/mol. The summed E-state index contributed by atoms with van der Waals surface area (Å²) in [5, 5.41) is 5.43. The number of aromatic nitrogens is 1. The van der Waals surface area contributed by atoms with E-state index < -0.39 is 10.0 Å². The molecule has 3 N–H and O–H groups in total. The Labute approximate surface area is 106 Å². The van der Waals surface area contributed by atoms with Gasteiger partial charge in [-0.15, -0.1) is 0 Å². The van der Waals surface area contributed by atoms with Crippen LogP contribution in [-0.2, 0) is 10.0 Å². The number of amides is 1. The molecule has 8 heteroatoms. The van der Waals surface area contributed by atoms with E-state index in [-0.39, 0.29) is 19.0 Å². The first-order valence-electron chi connectivity index (χ1n) is 5.29. The largest absolute Gasteiger partial charge is 0.373 e. The Balaban J connectivity index is 2.40. The molecule has 0 aliphatic heterocycles. The topological polar surface area (TPSA) is 100 Å². The molecule has 1 aromatic heterocycles. The quantitative estimate of drug-likeness (QED) is 0.601. The van der Waals surface area contributed by atoms with E-state index >= 15 is 0 Å². The minimum Gasteiger partial charge on any atom is -0.373 e. The molecular weight excluding hydrogens is 256 g/mol. The number of pyridine rings is 1. The molecule has 0 spiro atoms. The van der Waals surface area contributed by atoms with Crippen LogP contribution in [0.4, 0.5) is 5.82 Å². The summed E-state index contributed by atoms with van der Waals surface area (Å²) in [6.45, 7) is 0.381. The van der Waals surface area contributed by atoms with Crippen molar-refractivity contribution in [3.63, 3.8) is 0 Å². The van der Waals surface area contributed by atoms with Crippen LogP contribution in [0, 0.1) is 0 Å². The van der Waals surface area contributed by atoms with Crippen LogP contribution in [0.2, 0.25) is 0 Å². The van der Waals surface area contributed by atoms with Crippen LogP contribution in [0.15, 0.2) is 18.3 Å². The highest BCUT2D eigenvalue weighted by Crippen LogP contribution is 2.03. The summed E-state index contributed by atoms with van der Waals surface area (Å²) < 4.78 is 23.8. The molecule has 0 aromatic carbocycles. The van der Waals surface area contributed by atoms with Crippen LogP contribution < -0.4 is 15.4 Å². The zero-order valence-corrected chi connectivity index (χ0v) is 11.0. The molecule has 1 rings (SSSR count). The van der Waals surface area contributed by atoms with Gasteiger partial charge >= 0.3 is 0 Å². The van der Waals surface area contributed by atoms with Crippen molar-refractivity contribution in [2.24, 2.45) is 0 Å². The van der Waals surface area contributed by atoms with E-state index in [1.807, 2.05) is 0 Å². The Kier molecular flexibility index (Phi) is 5.05. The van der Waals surface area contributed by atoms with Crippen molar-refractivity contribution in [2.45, 2.75) is 0 Å². The SMILES string of the molecule is CNc1ccc(C(=O)NCCNS(C)(=O)=O)cn1. The summed E-state index contributed by atoms with van der Waals surface area (Å²) >= 11 is 0. The molecule has 0 bridgehead atoms. The number of anilines is 1. The average Bonchev–Trinajstić information content (AvgIpc) is 2.33. The third kappa shape index (κ3) is 5.11. The van der Waals surface area contributed by atoms with Crippen molar-refractivity contribution >= 4 is 21.7 Å². The van der Waals surface area contributed by atoms with Gasteiger partial charge in [0.1, 0.15) is 5.82 Å². The second-order valence-electron chi connectivity index (χ2n) is 3.60. The second kappa shape index (κ2) is 6.31.